The largest absolute Gasteiger partial charge is 0.378 e. The lowest BCUT2D eigenvalue weighted by Crippen LogP contribution is -2.37. The normalized spacial score (nSPS) is 20.6. The predicted molar refractivity (Wildman–Crippen MR) is 163 cm³/mol. The van der Waals surface area contributed by atoms with Crippen molar-refractivity contribution in [3.8, 4) is 0 Å². The smallest absolute Gasteiger partial charge is 0.324 e. The Kier molecular flexibility index (Phi) is 9.08. The van der Waals surface area contributed by atoms with Crippen LogP contribution in [0, 0.1) is 24.5 Å². The Morgan fingerprint density at radius 2 is 1.91 bits per heavy atom. The highest BCUT2D eigenvalue weighted by atomic mass is 19.1. The van der Waals surface area contributed by atoms with Gasteiger partial charge in [-0.1, -0.05) is 18.2 Å². The number of morpholine rings is 1. The topological polar surface area (TPSA) is 112 Å². The van der Waals surface area contributed by atoms with Crippen molar-refractivity contribution < 1.29 is 27.9 Å². The van der Waals surface area contributed by atoms with Crippen LogP contribution >= 0.6 is 0 Å². The molecule has 4 amide bonds. The van der Waals surface area contributed by atoms with Gasteiger partial charge in [0, 0.05) is 62.8 Å². The molecule has 238 valence electrons. The number of anilines is 2. The van der Waals surface area contributed by atoms with Crippen LogP contribution < -0.4 is 15.5 Å². The van der Waals surface area contributed by atoms with Crippen LogP contribution in [0.5, 0.6) is 0 Å². The Morgan fingerprint density at radius 1 is 1.09 bits per heavy atom. The van der Waals surface area contributed by atoms with Gasteiger partial charge in [-0.05, 0) is 48.7 Å². The van der Waals surface area contributed by atoms with E-state index in [1.54, 1.807) is 6.20 Å². The summed E-state index contributed by atoms with van der Waals surface area (Å²) in [5, 5.41) is 5.48. The second-order valence-electron chi connectivity index (χ2n) is 11.8. The zero-order valence-corrected chi connectivity index (χ0v) is 25.2. The first-order valence-corrected chi connectivity index (χ1v) is 15.3. The average molecular weight is 622 g/mol. The molecule has 3 saturated heterocycles. The molecule has 4 heterocycles. The van der Waals surface area contributed by atoms with Crippen LogP contribution in [0.15, 0.2) is 48.8 Å². The van der Waals surface area contributed by atoms with Crippen molar-refractivity contribution in [2.24, 2.45) is 5.92 Å². The lowest BCUT2D eigenvalue weighted by molar-refractivity contribution is -0.125. The average Bonchev–Trinajstić information content (AvgIpc) is 3.74. The van der Waals surface area contributed by atoms with Gasteiger partial charge in [-0.25, -0.2) is 18.6 Å². The number of hydrogen-bond acceptors (Lipinski definition) is 7. The molecule has 45 heavy (non-hydrogen) atoms. The molecule has 1 unspecified atom stereocenters. The van der Waals surface area contributed by atoms with Gasteiger partial charge in [0.25, 0.3) is 0 Å². The van der Waals surface area contributed by atoms with E-state index in [1.807, 2.05) is 15.7 Å². The van der Waals surface area contributed by atoms with E-state index in [9.17, 15) is 18.8 Å². The van der Waals surface area contributed by atoms with E-state index in [1.165, 1.54) is 17.0 Å². The molecule has 6 rings (SSSR count). The molecule has 1 aromatic heterocycles. The highest BCUT2D eigenvalue weighted by Gasteiger charge is 2.40. The second-order valence-corrected chi connectivity index (χ2v) is 11.8. The standard InChI is InChI=1S/C32H37F2N7O4/c1-21-3-4-22(28(15-21)39-11-13-45-14-12-39)18-40-10-7-35-31(40)37-30(43)26-20-38(8-2-9-41-29(42)17-36-32(41)44)19-25(26)24-6-5-23(33)16-27(24)34/h3-7,10,15-16,25-26H,2,8-9,11-14,17-20H2,1H3,(H,36,44)(H,35,37,43)/t25-,26?/m0/s1. The molecular formula is C32H37F2N7O4. The molecule has 11 nitrogen and oxygen atoms in total. The summed E-state index contributed by atoms with van der Waals surface area (Å²) in [7, 11) is 0. The van der Waals surface area contributed by atoms with E-state index >= 15 is 4.39 Å². The number of halogens is 2. The van der Waals surface area contributed by atoms with Gasteiger partial charge in [0.15, 0.2) is 0 Å². The number of rotatable bonds is 10. The first-order valence-electron chi connectivity index (χ1n) is 15.3. The van der Waals surface area contributed by atoms with E-state index in [-0.39, 0.29) is 30.5 Å². The minimum absolute atomic E-state index is 0.00901. The number of urea groups is 1. The fourth-order valence-corrected chi connectivity index (χ4v) is 6.44. The quantitative estimate of drug-likeness (QED) is 0.335. The number of nitrogens with zero attached hydrogens (tertiary/aromatic N) is 5. The molecule has 13 heteroatoms. The molecular weight excluding hydrogens is 584 g/mol. The number of carbonyl (C=O) groups excluding carboxylic acids is 3. The van der Waals surface area contributed by atoms with Crippen LogP contribution in [0.1, 0.15) is 29.0 Å². The summed E-state index contributed by atoms with van der Waals surface area (Å²) in [6.07, 6.45) is 3.94. The van der Waals surface area contributed by atoms with Crippen LogP contribution in [0.4, 0.5) is 25.2 Å². The maximum atomic E-state index is 15.0. The van der Waals surface area contributed by atoms with Gasteiger partial charge in [-0.3, -0.25) is 19.8 Å². The molecule has 3 aromatic rings. The summed E-state index contributed by atoms with van der Waals surface area (Å²) in [5.41, 5.74) is 3.63. The first-order chi connectivity index (χ1) is 21.8. The van der Waals surface area contributed by atoms with Crippen molar-refractivity contribution in [2.75, 3.05) is 69.2 Å². The van der Waals surface area contributed by atoms with Gasteiger partial charge >= 0.3 is 6.03 Å². The van der Waals surface area contributed by atoms with Gasteiger partial charge < -0.3 is 24.4 Å². The van der Waals surface area contributed by atoms with E-state index < -0.39 is 29.5 Å². The van der Waals surface area contributed by atoms with Gasteiger partial charge in [0.2, 0.25) is 17.8 Å². The van der Waals surface area contributed by atoms with Crippen molar-refractivity contribution in [1.29, 1.82) is 0 Å². The van der Waals surface area contributed by atoms with E-state index in [0.717, 1.165) is 36.0 Å². The minimum atomic E-state index is -0.699. The number of amides is 4. The molecule has 3 aliphatic rings. The lowest BCUT2D eigenvalue weighted by atomic mass is 9.88. The van der Waals surface area contributed by atoms with Gasteiger partial charge in [0.05, 0.1) is 32.2 Å². The number of aryl methyl sites for hydroxylation is 1. The van der Waals surface area contributed by atoms with Crippen molar-refractivity contribution in [3.05, 3.63) is 77.1 Å². The van der Waals surface area contributed by atoms with Crippen LogP contribution in [0.25, 0.3) is 0 Å². The Morgan fingerprint density at radius 3 is 2.67 bits per heavy atom. The van der Waals surface area contributed by atoms with Crippen LogP contribution in [0.3, 0.4) is 0 Å². The summed E-state index contributed by atoms with van der Waals surface area (Å²) in [6.45, 7) is 6.89. The number of hydrogen-bond donors (Lipinski definition) is 2. The number of aromatic nitrogens is 2. The predicted octanol–water partition coefficient (Wildman–Crippen LogP) is 2.95. The Labute approximate surface area is 260 Å². The zero-order valence-electron chi connectivity index (χ0n) is 25.2. The fourth-order valence-electron chi connectivity index (χ4n) is 6.44. The maximum absolute atomic E-state index is 15.0. The fraction of sp³-hybridized carbons (Fsp3) is 0.438. The summed E-state index contributed by atoms with van der Waals surface area (Å²) < 4.78 is 36.2. The number of imidazole rings is 1. The summed E-state index contributed by atoms with van der Waals surface area (Å²) in [6, 6.07) is 9.35. The van der Waals surface area contributed by atoms with Gasteiger partial charge in [-0.2, -0.15) is 0 Å². The Balaban J connectivity index is 1.17. The monoisotopic (exact) mass is 621 g/mol. The van der Waals surface area contributed by atoms with Crippen LogP contribution in [-0.2, 0) is 20.9 Å². The summed E-state index contributed by atoms with van der Waals surface area (Å²) >= 11 is 0. The third-order valence-corrected chi connectivity index (χ3v) is 8.77. The third kappa shape index (κ3) is 6.84. The van der Waals surface area contributed by atoms with Gasteiger partial charge in [-0.15, -0.1) is 0 Å². The molecule has 2 N–H and O–H groups in total. The minimum Gasteiger partial charge on any atom is -0.378 e. The number of likely N-dealkylation sites (tertiary alicyclic amines) is 1. The molecule has 3 fully saturated rings. The maximum Gasteiger partial charge on any atom is 0.324 e. The van der Waals surface area contributed by atoms with Crippen molar-refractivity contribution in [2.45, 2.75) is 25.8 Å². The van der Waals surface area contributed by atoms with E-state index in [0.29, 0.717) is 51.8 Å². The van der Waals surface area contributed by atoms with E-state index in [4.69, 9.17) is 4.74 Å². The highest BCUT2D eigenvalue weighted by molar-refractivity contribution is 6.01. The van der Waals surface area contributed by atoms with Crippen LogP contribution in [-0.4, -0.2) is 96.2 Å². The van der Waals surface area contributed by atoms with E-state index in [2.05, 4.69) is 45.6 Å². The summed E-state index contributed by atoms with van der Waals surface area (Å²) in [4.78, 5) is 47.6. The van der Waals surface area contributed by atoms with Crippen molar-refractivity contribution >= 4 is 29.5 Å². The molecule has 0 radical (unpaired) electrons. The number of ether oxygens (including phenoxy) is 1. The molecule has 0 spiro atoms. The zero-order chi connectivity index (χ0) is 31.5. The Hall–Kier alpha value is -4.36. The molecule has 0 bridgehead atoms. The number of benzene rings is 2. The molecule has 3 aliphatic heterocycles. The number of imide groups is 1. The first kappa shape index (κ1) is 30.7. The molecule has 2 atom stereocenters. The Bertz CT molecular complexity index is 1560. The number of nitrogens with one attached hydrogen (secondary N) is 2. The molecule has 0 aliphatic carbocycles. The molecule has 2 aromatic carbocycles. The van der Waals surface area contributed by atoms with Crippen LogP contribution in [0.2, 0.25) is 0 Å². The third-order valence-electron chi connectivity index (χ3n) is 8.77. The second kappa shape index (κ2) is 13.3. The highest BCUT2D eigenvalue weighted by Crippen LogP contribution is 2.35. The SMILES string of the molecule is Cc1ccc(Cn2ccnc2NC(=O)C2CN(CCCN3C(=O)CNC3=O)C[C@H]2c2ccc(F)cc2F)c(N2CCOCC2)c1. The van der Waals surface area contributed by atoms with Crippen molar-refractivity contribution in [3.63, 3.8) is 0 Å². The van der Waals surface area contributed by atoms with Gasteiger partial charge in [0.1, 0.15) is 11.6 Å². The lowest BCUT2D eigenvalue weighted by Gasteiger charge is -2.31. The molecule has 0 saturated carbocycles. The number of carbonyl (C=O) groups is 3. The van der Waals surface area contributed by atoms with Crippen molar-refractivity contribution in [1.82, 2.24) is 24.7 Å². The summed E-state index contributed by atoms with van der Waals surface area (Å²) in [5.74, 6) is -2.77.